The monoisotopic (exact) mass is 334 g/mol. The Hall–Kier alpha value is -0.763. The SMILES string of the molecule is CC(C)CC[Si](CCC(C)C)(CCC(C)C)Oc1ccccc1. The summed E-state index contributed by atoms with van der Waals surface area (Å²) in [5, 5.41) is 0. The molecule has 1 nitrogen and oxygen atoms in total. The van der Waals surface area contributed by atoms with Gasteiger partial charge in [0.2, 0.25) is 0 Å². The first-order chi connectivity index (χ1) is 10.8. The van der Waals surface area contributed by atoms with Gasteiger partial charge >= 0.3 is 0 Å². The van der Waals surface area contributed by atoms with Gasteiger partial charge < -0.3 is 4.43 Å². The Labute approximate surface area is 146 Å². The lowest BCUT2D eigenvalue weighted by Crippen LogP contribution is -2.42. The molecule has 0 aliphatic heterocycles. The van der Waals surface area contributed by atoms with Crippen LogP contribution in [0.3, 0.4) is 0 Å². The van der Waals surface area contributed by atoms with E-state index in [1.54, 1.807) is 0 Å². The van der Waals surface area contributed by atoms with Gasteiger partial charge in [0, 0.05) is 0 Å². The summed E-state index contributed by atoms with van der Waals surface area (Å²) in [6.07, 6.45) is 3.90. The van der Waals surface area contributed by atoms with Crippen molar-refractivity contribution in [3.8, 4) is 5.75 Å². The fourth-order valence-corrected chi connectivity index (χ4v) is 7.92. The predicted octanol–water partition coefficient (Wildman–Crippen LogP) is 7.15. The molecule has 0 spiro atoms. The van der Waals surface area contributed by atoms with Gasteiger partial charge in [0.1, 0.15) is 5.75 Å². The van der Waals surface area contributed by atoms with Crippen molar-refractivity contribution in [2.75, 3.05) is 0 Å². The van der Waals surface area contributed by atoms with E-state index in [2.05, 4.69) is 71.9 Å². The lowest BCUT2D eigenvalue weighted by atomic mass is 10.2. The molecule has 0 N–H and O–H groups in total. The third-order valence-electron chi connectivity index (χ3n) is 4.61. The number of para-hydroxylation sites is 1. The highest BCUT2D eigenvalue weighted by Crippen LogP contribution is 2.33. The quantitative estimate of drug-likeness (QED) is 0.390. The Balaban J connectivity index is 2.93. The minimum absolute atomic E-state index is 0.763. The molecular weight excluding hydrogens is 296 g/mol. The maximum Gasteiger partial charge on any atom is 0.251 e. The Bertz CT molecular complexity index is 380. The van der Waals surface area contributed by atoms with Crippen molar-refractivity contribution in [3.63, 3.8) is 0 Å². The van der Waals surface area contributed by atoms with Crippen molar-refractivity contribution in [3.05, 3.63) is 30.3 Å². The molecule has 0 fully saturated rings. The van der Waals surface area contributed by atoms with Crippen LogP contribution in [0.25, 0.3) is 0 Å². The summed E-state index contributed by atoms with van der Waals surface area (Å²) in [6.45, 7) is 14.0. The van der Waals surface area contributed by atoms with Crippen molar-refractivity contribution >= 4 is 8.32 Å². The standard InChI is InChI=1S/C21H38OSi/c1-18(2)12-15-23(16-13-19(3)4,17-14-20(5)6)22-21-10-8-7-9-11-21/h7-11,18-20H,12-17H2,1-6H3. The molecular formula is C21H38OSi. The van der Waals surface area contributed by atoms with Crippen LogP contribution >= 0.6 is 0 Å². The highest BCUT2D eigenvalue weighted by Gasteiger charge is 2.36. The number of rotatable bonds is 11. The normalized spacial score (nSPS) is 12.4. The lowest BCUT2D eigenvalue weighted by molar-refractivity contribution is 0.477. The van der Waals surface area contributed by atoms with E-state index in [1.807, 2.05) is 0 Å². The summed E-state index contributed by atoms with van der Waals surface area (Å²) in [5.41, 5.74) is 0. The number of hydrogen-bond acceptors (Lipinski definition) is 1. The zero-order valence-corrected chi connectivity index (χ0v) is 17.3. The molecule has 132 valence electrons. The fourth-order valence-electron chi connectivity index (χ4n) is 2.92. The van der Waals surface area contributed by atoms with Gasteiger partial charge in [-0.15, -0.1) is 0 Å². The molecule has 0 unspecified atom stereocenters. The van der Waals surface area contributed by atoms with Crippen molar-refractivity contribution in [1.82, 2.24) is 0 Å². The zero-order valence-electron chi connectivity index (χ0n) is 16.3. The Morgan fingerprint density at radius 1 is 0.696 bits per heavy atom. The summed E-state index contributed by atoms with van der Waals surface area (Å²) < 4.78 is 6.79. The fraction of sp³-hybridized carbons (Fsp3) is 0.714. The molecule has 0 aliphatic carbocycles. The van der Waals surface area contributed by atoms with Crippen molar-refractivity contribution in [2.24, 2.45) is 17.8 Å². The molecule has 2 heteroatoms. The van der Waals surface area contributed by atoms with E-state index in [1.165, 1.54) is 37.4 Å². The number of benzene rings is 1. The average molecular weight is 335 g/mol. The van der Waals surface area contributed by atoms with Gasteiger partial charge in [0.15, 0.2) is 0 Å². The van der Waals surface area contributed by atoms with E-state index in [4.69, 9.17) is 4.43 Å². The summed E-state index contributed by atoms with van der Waals surface area (Å²) in [6, 6.07) is 14.5. The molecule has 0 bridgehead atoms. The maximum absolute atomic E-state index is 6.79. The zero-order chi connectivity index (χ0) is 17.3. The van der Waals surface area contributed by atoms with Crippen LogP contribution in [-0.4, -0.2) is 8.32 Å². The Morgan fingerprint density at radius 2 is 1.09 bits per heavy atom. The molecule has 23 heavy (non-hydrogen) atoms. The predicted molar refractivity (Wildman–Crippen MR) is 106 cm³/mol. The van der Waals surface area contributed by atoms with Crippen molar-refractivity contribution < 1.29 is 4.43 Å². The molecule has 1 aromatic carbocycles. The molecule has 0 aromatic heterocycles. The van der Waals surface area contributed by atoms with E-state index in [-0.39, 0.29) is 0 Å². The van der Waals surface area contributed by atoms with Crippen LogP contribution in [0, 0.1) is 17.8 Å². The minimum Gasteiger partial charge on any atom is -0.543 e. The van der Waals surface area contributed by atoms with Gasteiger partial charge in [-0.1, -0.05) is 79.0 Å². The first kappa shape index (κ1) is 20.3. The second-order valence-electron chi connectivity index (χ2n) is 8.40. The average Bonchev–Trinajstić information content (AvgIpc) is 2.49. The molecule has 0 atom stereocenters. The van der Waals surface area contributed by atoms with Gasteiger partial charge in [-0.3, -0.25) is 0 Å². The maximum atomic E-state index is 6.79. The minimum atomic E-state index is -1.72. The molecule has 0 aliphatic rings. The summed E-state index contributed by atoms with van der Waals surface area (Å²) in [4.78, 5) is 0. The smallest absolute Gasteiger partial charge is 0.251 e. The van der Waals surface area contributed by atoms with Crippen LogP contribution in [0.2, 0.25) is 18.1 Å². The molecule has 0 amide bonds. The van der Waals surface area contributed by atoms with Gasteiger partial charge in [-0.05, 0) is 48.0 Å². The van der Waals surface area contributed by atoms with Crippen LogP contribution in [0.4, 0.5) is 0 Å². The van der Waals surface area contributed by atoms with Gasteiger partial charge in [-0.2, -0.15) is 0 Å². The summed E-state index contributed by atoms with van der Waals surface area (Å²) in [7, 11) is -1.72. The van der Waals surface area contributed by atoms with Crippen molar-refractivity contribution in [1.29, 1.82) is 0 Å². The first-order valence-corrected chi connectivity index (χ1v) is 12.1. The van der Waals surface area contributed by atoms with Gasteiger partial charge in [-0.25, -0.2) is 0 Å². The Morgan fingerprint density at radius 3 is 1.43 bits per heavy atom. The molecule has 0 radical (unpaired) electrons. The highest BCUT2D eigenvalue weighted by molar-refractivity contribution is 6.74. The van der Waals surface area contributed by atoms with Crippen molar-refractivity contribution in [2.45, 2.75) is 78.9 Å². The molecule has 0 saturated carbocycles. The van der Waals surface area contributed by atoms with Crippen LogP contribution < -0.4 is 4.43 Å². The third kappa shape index (κ3) is 8.60. The van der Waals surface area contributed by atoms with E-state index in [0.29, 0.717) is 0 Å². The van der Waals surface area contributed by atoms with Crippen LogP contribution in [0.1, 0.15) is 60.8 Å². The molecule has 0 heterocycles. The second kappa shape index (κ2) is 10.2. The highest BCUT2D eigenvalue weighted by atomic mass is 28.4. The van der Waals surface area contributed by atoms with Crippen LogP contribution in [0.15, 0.2) is 30.3 Å². The molecule has 0 saturated heterocycles. The lowest BCUT2D eigenvalue weighted by Gasteiger charge is -2.34. The van der Waals surface area contributed by atoms with Gasteiger partial charge in [0.25, 0.3) is 8.32 Å². The third-order valence-corrected chi connectivity index (χ3v) is 8.88. The number of hydrogen-bond donors (Lipinski definition) is 0. The van der Waals surface area contributed by atoms with Crippen LogP contribution in [0.5, 0.6) is 5.75 Å². The van der Waals surface area contributed by atoms with E-state index < -0.39 is 8.32 Å². The second-order valence-corrected chi connectivity index (χ2v) is 12.5. The summed E-state index contributed by atoms with van der Waals surface area (Å²) in [5.74, 6) is 3.38. The van der Waals surface area contributed by atoms with Crippen LogP contribution in [-0.2, 0) is 0 Å². The molecule has 1 aromatic rings. The topological polar surface area (TPSA) is 9.23 Å². The first-order valence-electron chi connectivity index (χ1n) is 9.57. The summed E-state index contributed by atoms with van der Waals surface area (Å²) >= 11 is 0. The Kier molecular flexibility index (Phi) is 8.97. The van der Waals surface area contributed by atoms with E-state index >= 15 is 0 Å². The van der Waals surface area contributed by atoms with Gasteiger partial charge in [0.05, 0.1) is 0 Å². The van der Waals surface area contributed by atoms with E-state index in [0.717, 1.165) is 23.5 Å². The largest absolute Gasteiger partial charge is 0.543 e. The van der Waals surface area contributed by atoms with E-state index in [9.17, 15) is 0 Å². The molecule has 1 rings (SSSR count).